The van der Waals surface area contributed by atoms with Gasteiger partial charge >= 0.3 is 0 Å². The first-order valence-electron chi connectivity index (χ1n) is 7.67. The van der Waals surface area contributed by atoms with Gasteiger partial charge in [0, 0.05) is 35.9 Å². The van der Waals surface area contributed by atoms with E-state index in [0.29, 0.717) is 18.6 Å². The van der Waals surface area contributed by atoms with Crippen LogP contribution in [0.25, 0.3) is 0 Å². The summed E-state index contributed by atoms with van der Waals surface area (Å²) >= 11 is 6.19. The second-order valence-corrected chi connectivity index (χ2v) is 6.37. The van der Waals surface area contributed by atoms with Crippen LogP contribution in [0.4, 0.5) is 5.69 Å². The highest BCUT2D eigenvalue weighted by Gasteiger charge is 2.27. The van der Waals surface area contributed by atoms with Gasteiger partial charge in [-0.3, -0.25) is 0 Å². The molecule has 0 unspecified atom stereocenters. The Balaban J connectivity index is 1.80. The van der Waals surface area contributed by atoms with Gasteiger partial charge in [-0.2, -0.15) is 0 Å². The van der Waals surface area contributed by atoms with Gasteiger partial charge in [-0.1, -0.05) is 17.7 Å². The minimum Gasteiger partial charge on any atom is -0.395 e. The molecule has 2 aliphatic rings. The third-order valence-corrected chi connectivity index (χ3v) is 4.61. The summed E-state index contributed by atoms with van der Waals surface area (Å²) in [5.74, 6) is 0. The molecule has 3 rings (SSSR count). The van der Waals surface area contributed by atoms with Crippen molar-refractivity contribution in [2.24, 2.45) is 0 Å². The molecule has 2 fully saturated rings. The zero-order chi connectivity index (χ0) is 13.9. The molecule has 0 bridgehead atoms. The molecule has 0 atom stereocenters. The molecule has 3 nitrogen and oxygen atoms in total. The second kappa shape index (κ2) is 6.33. The van der Waals surface area contributed by atoms with E-state index in [2.05, 4.69) is 22.3 Å². The zero-order valence-corrected chi connectivity index (χ0v) is 12.6. The number of aliphatic hydroxyl groups excluding tert-OH is 1. The molecule has 20 heavy (non-hydrogen) atoms. The third-order valence-electron chi connectivity index (χ3n) is 4.37. The quantitative estimate of drug-likeness (QED) is 0.812. The van der Waals surface area contributed by atoms with E-state index in [1.807, 2.05) is 6.07 Å². The first-order chi connectivity index (χ1) is 9.78. The highest BCUT2D eigenvalue weighted by molar-refractivity contribution is 6.30. The summed E-state index contributed by atoms with van der Waals surface area (Å²) in [6, 6.07) is 7.41. The van der Waals surface area contributed by atoms with E-state index in [-0.39, 0.29) is 6.61 Å². The lowest BCUT2D eigenvalue weighted by atomic mass is 9.90. The van der Waals surface area contributed by atoms with Crippen molar-refractivity contribution >= 4 is 17.3 Å². The van der Waals surface area contributed by atoms with E-state index in [4.69, 9.17) is 11.6 Å². The number of benzene rings is 1. The SMILES string of the molecule is OCCN(c1cc(Cl)ccc1CNC1CC1)C1CCC1. The fourth-order valence-electron chi connectivity index (χ4n) is 2.80. The number of anilines is 1. The molecule has 0 spiro atoms. The van der Waals surface area contributed by atoms with Crippen LogP contribution in [0.1, 0.15) is 37.7 Å². The van der Waals surface area contributed by atoms with Crippen molar-refractivity contribution in [2.75, 3.05) is 18.1 Å². The minimum atomic E-state index is 0.193. The van der Waals surface area contributed by atoms with Crippen molar-refractivity contribution in [2.45, 2.75) is 50.7 Å². The summed E-state index contributed by atoms with van der Waals surface area (Å²) in [7, 11) is 0. The Morgan fingerprint density at radius 2 is 2.05 bits per heavy atom. The van der Waals surface area contributed by atoms with Gasteiger partial charge in [-0.25, -0.2) is 0 Å². The fourth-order valence-corrected chi connectivity index (χ4v) is 2.97. The van der Waals surface area contributed by atoms with E-state index in [0.717, 1.165) is 11.6 Å². The molecule has 0 heterocycles. The van der Waals surface area contributed by atoms with Crippen LogP contribution in [0.15, 0.2) is 18.2 Å². The number of rotatable bonds is 7. The number of nitrogens with zero attached hydrogens (tertiary/aromatic N) is 1. The number of hydrogen-bond donors (Lipinski definition) is 2. The lowest BCUT2D eigenvalue weighted by Gasteiger charge is -2.40. The molecule has 1 aromatic rings. The molecule has 110 valence electrons. The van der Waals surface area contributed by atoms with Crippen LogP contribution >= 0.6 is 11.6 Å². The molecule has 0 amide bonds. The Kier molecular flexibility index (Phi) is 4.49. The number of hydrogen-bond acceptors (Lipinski definition) is 3. The molecule has 2 saturated carbocycles. The minimum absolute atomic E-state index is 0.193. The molecular weight excluding hydrogens is 272 g/mol. The normalized spacial score (nSPS) is 18.9. The Bertz CT molecular complexity index is 458. The first-order valence-corrected chi connectivity index (χ1v) is 8.05. The fraction of sp³-hybridized carbons (Fsp3) is 0.625. The van der Waals surface area contributed by atoms with Crippen LogP contribution in [0.5, 0.6) is 0 Å². The molecule has 4 heteroatoms. The molecular formula is C16H23ClN2O. The Hall–Kier alpha value is -0.770. The highest BCUT2D eigenvalue weighted by atomic mass is 35.5. The topological polar surface area (TPSA) is 35.5 Å². The molecule has 2 aliphatic carbocycles. The van der Waals surface area contributed by atoms with Crippen molar-refractivity contribution in [3.63, 3.8) is 0 Å². The van der Waals surface area contributed by atoms with Crippen LogP contribution in [0.3, 0.4) is 0 Å². The molecule has 0 radical (unpaired) electrons. The largest absolute Gasteiger partial charge is 0.395 e. The van der Waals surface area contributed by atoms with E-state index >= 15 is 0 Å². The predicted octanol–water partition coefficient (Wildman–Crippen LogP) is 2.94. The van der Waals surface area contributed by atoms with Gasteiger partial charge in [-0.05, 0) is 49.8 Å². The van der Waals surface area contributed by atoms with Gasteiger partial charge in [0.25, 0.3) is 0 Å². The maximum atomic E-state index is 9.36. The van der Waals surface area contributed by atoms with Crippen molar-refractivity contribution in [1.29, 1.82) is 0 Å². The number of halogens is 1. The van der Waals surface area contributed by atoms with Gasteiger partial charge in [-0.15, -0.1) is 0 Å². The molecule has 2 N–H and O–H groups in total. The van der Waals surface area contributed by atoms with Crippen molar-refractivity contribution < 1.29 is 5.11 Å². The van der Waals surface area contributed by atoms with Crippen LogP contribution in [0, 0.1) is 0 Å². The van der Waals surface area contributed by atoms with E-state index < -0.39 is 0 Å². The summed E-state index contributed by atoms with van der Waals surface area (Å²) in [5, 5.41) is 13.7. The maximum absolute atomic E-state index is 9.36. The lowest BCUT2D eigenvalue weighted by Crippen LogP contribution is -2.42. The Morgan fingerprint density at radius 3 is 2.65 bits per heavy atom. The summed E-state index contributed by atoms with van der Waals surface area (Å²) in [4.78, 5) is 2.35. The molecule has 0 saturated heterocycles. The van der Waals surface area contributed by atoms with E-state index in [9.17, 15) is 5.11 Å². The summed E-state index contributed by atoms with van der Waals surface area (Å²) in [5.41, 5.74) is 2.49. The summed E-state index contributed by atoms with van der Waals surface area (Å²) < 4.78 is 0. The van der Waals surface area contributed by atoms with Crippen molar-refractivity contribution in [3.8, 4) is 0 Å². The standard InChI is InChI=1S/C16H23ClN2O/c17-13-5-4-12(11-18-14-6-7-14)16(10-13)19(8-9-20)15-2-1-3-15/h4-5,10,14-15,18,20H,1-3,6-9,11H2. The van der Waals surface area contributed by atoms with Crippen LogP contribution < -0.4 is 10.2 Å². The molecule has 0 aromatic heterocycles. The number of aliphatic hydroxyl groups is 1. The second-order valence-electron chi connectivity index (χ2n) is 5.93. The average Bonchev–Trinajstić information content (AvgIpc) is 3.18. The third kappa shape index (κ3) is 3.27. The van der Waals surface area contributed by atoms with Gasteiger partial charge in [0.2, 0.25) is 0 Å². The van der Waals surface area contributed by atoms with Crippen LogP contribution in [-0.2, 0) is 6.54 Å². The first kappa shape index (κ1) is 14.2. The molecule has 1 aromatic carbocycles. The van der Waals surface area contributed by atoms with Gasteiger partial charge in [0.1, 0.15) is 0 Å². The van der Waals surface area contributed by atoms with Gasteiger partial charge < -0.3 is 15.3 Å². The zero-order valence-electron chi connectivity index (χ0n) is 11.8. The lowest BCUT2D eigenvalue weighted by molar-refractivity contribution is 0.283. The molecule has 0 aliphatic heterocycles. The summed E-state index contributed by atoms with van der Waals surface area (Å²) in [6.45, 7) is 1.78. The van der Waals surface area contributed by atoms with Crippen LogP contribution in [0.2, 0.25) is 5.02 Å². The van der Waals surface area contributed by atoms with E-state index in [1.54, 1.807) is 0 Å². The Morgan fingerprint density at radius 1 is 1.25 bits per heavy atom. The van der Waals surface area contributed by atoms with Crippen molar-refractivity contribution in [1.82, 2.24) is 5.32 Å². The Labute approximate surface area is 125 Å². The summed E-state index contributed by atoms with van der Waals surface area (Å²) in [6.07, 6.45) is 6.34. The van der Waals surface area contributed by atoms with Crippen LogP contribution in [-0.4, -0.2) is 30.3 Å². The smallest absolute Gasteiger partial charge is 0.0606 e. The number of nitrogens with one attached hydrogen (secondary N) is 1. The predicted molar refractivity (Wildman–Crippen MR) is 83.4 cm³/mol. The van der Waals surface area contributed by atoms with Gasteiger partial charge in [0.15, 0.2) is 0 Å². The monoisotopic (exact) mass is 294 g/mol. The van der Waals surface area contributed by atoms with Crippen molar-refractivity contribution in [3.05, 3.63) is 28.8 Å². The maximum Gasteiger partial charge on any atom is 0.0606 e. The highest BCUT2D eigenvalue weighted by Crippen LogP contribution is 2.33. The van der Waals surface area contributed by atoms with Gasteiger partial charge in [0.05, 0.1) is 6.61 Å². The average molecular weight is 295 g/mol. The van der Waals surface area contributed by atoms with E-state index in [1.165, 1.54) is 43.4 Å².